The molecule has 1 fully saturated rings. The van der Waals surface area contributed by atoms with E-state index in [1.807, 2.05) is 6.07 Å². The Hall–Kier alpha value is -3.36. The highest BCUT2D eigenvalue weighted by molar-refractivity contribution is 5.78. The number of halogens is 1. The van der Waals surface area contributed by atoms with E-state index in [1.165, 1.54) is 12.1 Å². The molecule has 0 bridgehead atoms. The molecule has 0 spiro atoms. The molecule has 0 saturated carbocycles. The summed E-state index contributed by atoms with van der Waals surface area (Å²) in [6.07, 6.45) is 2.93. The summed E-state index contributed by atoms with van der Waals surface area (Å²) in [5.41, 5.74) is 6.86. The molecule has 30 heavy (non-hydrogen) atoms. The zero-order valence-electron chi connectivity index (χ0n) is 16.9. The maximum atomic E-state index is 13.2. The Morgan fingerprint density at radius 1 is 1.33 bits per heavy atom. The van der Waals surface area contributed by atoms with E-state index in [1.54, 1.807) is 36.2 Å². The third-order valence-corrected chi connectivity index (χ3v) is 4.62. The third-order valence-electron chi connectivity index (χ3n) is 4.62. The van der Waals surface area contributed by atoms with Crippen molar-refractivity contribution in [1.29, 1.82) is 0 Å². The van der Waals surface area contributed by atoms with E-state index in [-0.39, 0.29) is 18.0 Å². The van der Waals surface area contributed by atoms with Crippen molar-refractivity contribution in [2.24, 2.45) is 10.7 Å². The lowest BCUT2D eigenvalue weighted by Crippen LogP contribution is -2.48. The van der Waals surface area contributed by atoms with Gasteiger partial charge in [-0.3, -0.25) is 0 Å². The van der Waals surface area contributed by atoms with Crippen LogP contribution in [0.3, 0.4) is 0 Å². The molecule has 2 heterocycles. The number of piperidine rings is 1. The van der Waals surface area contributed by atoms with Crippen molar-refractivity contribution in [3.63, 3.8) is 0 Å². The second-order valence-electron chi connectivity index (χ2n) is 6.87. The Labute approximate surface area is 174 Å². The van der Waals surface area contributed by atoms with Crippen LogP contribution in [0.2, 0.25) is 0 Å². The zero-order chi connectivity index (χ0) is 21.3. The van der Waals surface area contributed by atoms with Crippen LogP contribution in [0.15, 0.2) is 47.6 Å². The van der Waals surface area contributed by atoms with Crippen molar-refractivity contribution in [2.75, 3.05) is 19.7 Å². The Morgan fingerprint density at radius 2 is 2.13 bits per heavy atom. The number of amides is 1. The number of benzene rings is 1. The third kappa shape index (κ3) is 6.33. The SMILES string of the molecule is CCOC(=O)N1CCC(NC(N)=NCc2ccc(Oc3cccc(F)c3)nc2)CC1. The van der Waals surface area contributed by atoms with E-state index >= 15 is 0 Å². The maximum Gasteiger partial charge on any atom is 0.409 e. The molecule has 9 heteroatoms. The summed E-state index contributed by atoms with van der Waals surface area (Å²) >= 11 is 0. The molecule has 1 aliphatic rings. The molecule has 160 valence electrons. The van der Waals surface area contributed by atoms with E-state index in [0.29, 0.717) is 43.8 Å². The number of pyridine rings is 1. The fourth-order valence-corrected chi connectivity index (χ4v) is 3.07. The summed E-state index contributed by atoms with van der Waals surface area (Å²) < 4.78 is 23.7. The van der Waals surface area contributed by atoms with Gasteiger partial charge in [-0.05, 0) is 37.5 Å². The van der Waals surface area contributed by atoms with Gasteiger partial charge in [0.15, 0.2) is 5.96 Å². The summed E-state index contributed by atoms with van der Waals surface area (Å²) in [5.74, 6) is 0.737. The Kier molecular flexibility index (Phi) is 7.42. The van der Waals surface area contributed by atoms with E-state index in [9.17, 15) is 9.18 Å². The van der Waals surface area contributed by atoms with Crippen molar-refractivity contribution in [2.45, 2.75) is 32.4 Å². The summed E-state index contributed by atoms with van der Waals surface area (Å²) in [4.78, 5) is 22.0. The molecule has 3 rings (SSSR count). The first kappa shape index (κ1) is 21.4. The van der Waals surface area contributed by atoms with Crippen molar-refractivity contribution in [3.05, 3.63) is 54.0 Å². The quantitative estimate of drug-likeness (QED) is 0.555. The molecule has 2 aromatic rings. The van der Waals surface area contributed by atoms with Crippen LogP contribution in [0.4, 0.5) is 9.18 Å². The minimum Gasteiger partial charge on any atom is -0.450 e. The van der Waals surface area contributed by atoms with Crippen LogP contribution in [0, 0.1) is 5.82 Å². The summed E-state index contributed by atoms with van der Waals surface area (Å²) in [6.45, 7) is 3.79. The second-order valence-corrected chi connectivity index (χ2v) is 6.87. The zero-order valence-corrected chi connectivity index (χ0v) is 16.9. The molecular weight excluding hydrogens is 389 g/mol. The van der Waals surface area contributed by atoms with Crippen LogP contribution in [0.1, 0.15) is 25.3 Å². The highest BCUT2D eigenvalue weighted by Crippen LogP contribution is 2.20. The molecule has 1 aliphatic heterocycles. The Balaban J connectivity index is 1.44. The molecule has 1 aromatic heterocycles. The number of carbonyl (C=O) groups is 1. The average molecular weight is 415 g/mol. The largest absolute Gasteiger partial charge is 0.450 e. The smallest absolute Gasteiger partial charge is 0.409 e. The minimum absolute atomic E-state index is 0.166. The van der Waals surface area contributed by atoms with Gasteiger partial charge in [-0.25, -0.2) is 19.2 Å². The van der Waals surface area contributed by atoms with Crippen molar-refractivity contribution >= 4 is 12.1 Å². The van der Waals surface area contributed by atoms with Crippen LogP contribution >= 0.6 is 0 Å². The number of hydrogen-bond donors (Lipinski definition) is 2. The Morgan fingerprint density at radius 3 is 2.80 bits per heavy atom. The first-order valence-corrected chi connectivity index (χ1v) is 9.90. The highest BCUT2D eigenvalue weighted by Gasteiger charge is 2.23. The van der Waals surface area contributed by atoms with Gasteiger partial charge in [0.1, 0.15) is 11.6 Å². The number of nitrogens with two attached hydrogens (primary N) is 1. The normalized spacial score (nSPS) is 15.0. The van der Waals surface area contributed by atoms with E-state index < -0.39 is 0 Å². The number of nitrogens with one attached hydrogen (secondary N) is 1. The summed E-state index contributed by atoms with van der Waals surface area (Å²) in [6, 6.07) is 9.57. The van der Waals surface area contributed by atoms with Crippen LogP contribution in [0.5, 0.6) is 11.6 Å². The van der Waals surface area contributed by atoms with Crippen molar-refractivity contribution in [1.82, 2.24) is 15.2 Å². The molecule has 8 nitrogen and oxygen atoms in total. The van der Waals surface area contributed by atoms with Gasteiger partial charge in [0.2, 0.25) is 5.88 Å². The molecule has 3 N–H and O–H groups in total. The molecule has 0 radical (unpaired) electrons. The minimum atomic E-state index is -0.368. The number of nitrogens with zero attached hydrogens (tertiary/aromatic N) is 3. The fourth-order valence-electron chi connectivity index (χ4n) is 3.07. The van der Waals surface area contributed by atoms with Gasteiger partial charge in [0.05, 0.1) is 13.2 Å². The predicted octanol–water partition coefficient (Wildman–Crippen LogP) is 3.04. The number of ether oxygens (including phenoxy) is 2. The molecule has 1 amide bonds. The predicted molar refractivity (Wildman–Crippen MR) is 111 cm³/mol. The highest BCUT2D eigenvalue weighted by atomic mass is 19.1. The van der Waals surface area contributed by atoms with Gasteiger partial charge in [0.25, 0.3) is 0 Å². The molecule has 0 unspecified atom stereocenters. The second kappa shape index (κ2) is 10.4. The topological polar surface area (TPSA) is 102 Å². The number of aromatic nitrogens is 1. The van der Waals surface area contributed by atoms with Crippen molar-refractivity contribution in [3.8, 4) is 11.6 Å². The lowest BCUT2D eigenvalue weighted by molar-refractivity contribution is 0.0963. The molecule has 1 saturated heterocycles. The average Bonchev–Trinajstić information content (AvgIpc) is 2.74. The molecule has 0 atom stereocenters. The van der Waals surface area contributed by atoms with Gasteiger partial charge in [-0.15, -0.1) is 0 Å². The molecule has 0 aliphatic carbocycles. The van der Waals surface area contributed by atoms with Gasteiger partial charge >= 0.3 is 6.09 Å². The van der Waals surface area contributed by atoms with Crippen LogP contribution in [-0.4, -0.2) is 47.7 Å². The fraction of sp³-hybridized carbons (Fsp3) is 0.381. The lowest BCUT2D eigenvalue weighted by Gasteiger charge is -2.31. The molecule has 1 aromatic carbocycles. The van der Waals surface area contributed by atoms with Gasteiger partial charge < -0.3 is 25.4 Å². The number of rotatable bonds is 6. The monoisotopic (exact) mass is 415 g/mol. The summed E-state index contributed by atoms with van der Waals surface area (Å²) in [5, 5.41) is 3.20. The van der Waals surface area contributed by atoms with Gasteiger partial charge in [0, 0.05) is 37.5 Å². The number of aliphatic imine (C=N–C) groups is 1. The standard InChI is InChI=1S/C21H26FN5O3/c1-2-29-21(28)27-10-8-17(9-11-27)26-20(23)25-14-15-6-7-19(24-13-15)30-18-5-3-4-16(22)12-18/h3-7,12-13,17H,2,8-11,14H2,1H3,(H3,23,25,26). The first-order valence-electron chi connectivity index (χ1n) is 9.90. The van der Waals surface area contributed by atoms with Gasteiger partial charge in [-0.1, -0.05) is 12.1 Å². The van der Waals surface area contributed by atoms with Crippen LogP contribution in [0.25, 0.3) is 0 Å². The lowest BCUT2D eigenvalue weighted by atomic mass is 10.1. The number of hydrogen-bond acceptors (Lipinski definition) is 5. The summed E-state index contributed by atoms with van der Waals surface area (Å²) in [7, 11) is 0. The Bertz CT molecular complexity index is 867. The number of likely N-dealkylation sites (tertiary alicyclic amines) is 1. The number of guanidine groups is 1. The molecular formula is C21H26FN5O3. The first-order chi connectivity index (χ1) is 14.5. The van der Waals surface area contributed by atoms with E-state index in [2.05, 4.69) is 15.3 Å². The van der Waals surface area contributed by atoms with Crippen LogP contribution in [-0.2, 0) is 11.3 Å². The van der Waals surface area contributed by atoms with E-state index in [4.69, 9.17) is 15.2 Å². The van der Waals surface area contributed by atoms with E-state index in [0.717, 1.165) is 18.4 Å². The maximum absolute atomic E-state index is 13.2. The number of carbonyl (C=O) groups excluding carboxylic acids is 1. The van der Waals surface area contributed by atoms with Gasteiger partial charge in [-0.2, -0.15) is 0 Å². The van der Waals surface area contributed by atoms with Crippen LogP contribution < -0.4 is 15.8 Å². The van der Waals surface area contributed by atoms with Crippen molar-refractivity contribution < 1.29 is 18.7 Å².